The maximum atomic E-state index is 12.2. The van der Waals surface area contributed by atoms with Crippen LogP contribution in [0.5, 0.6) is 0 Å². The number of thiophene rings is 1. The van der Waals surface area contributed by atoms with E-state index < -0.39 is 12.0 Å². The number of Topliss-reactive ketones (excluding diaryl/α,β-unsaturated/α-hetero) is 1. The van der Waals surface area contributed by atoms with Crippen LogP contribution in [0.25, 0.3) is 10.6 Å². The molecule has 8 heteroatoms. The molecular formula is C9H6F3N3OS. The Morgan fingerprint density at radius 1 is 1.41 bits per heavy atom. The number of alkyl halides is 3. The van der Waals surface area contributed by atoms with Crippen LogP contribution in [0, 0.1) is 0 Å². The van der Waals surface area contributed by atoms with Crippen LogP contribution >= 0.6 is 11.3 Å². The van der Waals surface area contributed by atoms with Gasteiger partial charge in [-0.05, 0) is 12.1 Å². The number of carbonyl (C=O) groups excluding carboxylic acids is 1. The Kier molecular flexibility index (Phi) is 2.74. The normalized spacial score (nSPS) is 11.8. The Bertz CT molecular complexity index is 558. The van der Waals surface area contributed by atoms with Crippen molar-refractivity contribution in [1.29, 1.82) is 0 Å². The van der Waals surface area contributed by atoms with E-state index in [1.54, 1.807) is 13.2 Å². The molecule has 0 amide bonds. The van der Waals surface area contributed by atoms with Crippen molar-refractivity contribution in [2.24, 2.45) is 7.05 Å². The molecule has 0 atom stereocenters. The molecule has 2 aromatic rings. The number of ketones is 1. The van der Waals surface area contributed by atoms with Crippen molar-refractivity contribution >= 4 is 17.1 Å². The number of carbonyl (C=O) groups is 1. The second-order valence-corrected chi connectivity index (χ2v) is 4.35. The number of aromatic nitrogens is 3. The van der Waals surface area contributed by atoms with E-state index >= 15 is 0 Å². The molecular weight excluding hydrogens is 255 g/mol. The lowest BCUT2D eigenvalue weighted by molar-refractivity contribution is -0.0882. The molecule has 0 spiro atoms. The molecule has 0 saturated carbocycles. The van der Waals surface area contributed by atoms with E-state index in [0.29, 0.717) is 10.6 Å². The van der Waals surface area contributed by atoms with Crippen LogP contribution in [-0.2, 0) is 7.05 Å². The van der Waals surface area contributed by atoms with Gasteiger partial charge in [0, 0.05) is 7.05 Å². The highest BCUT2D eigenvalue weighted by Gasteiger charge is 2.40. The molecule has 0 saturated heterocycles. The Hall–Kier alpha value is -1.70. The van der Waals surface area contributed by atoms with E-state index in [4.69, 9.17) is 0 Å². The predicted molar refractivity (Wildman–Crippen MR) is 54.7 cm³/mol. The Balaban J connectivity index is 2.31. The van der Waals surface area contributed by atoms with Gasteiger partial charge in [-0.15, -0.1) is 16.4 Å². The summed E-state index contributed by atoms with van der Waals surface area (Å²) in [6, 6.07) is 2.57. The van der Waals surface area contributed by atoms with Crippen molar-refractivity contribution in [2.45, 2.75) is 6.18 Å². The molecule has 0 unspecified atom stereocenters. The van der Waals surface area contributed by atoms with Crippen LogP contribution in [0.1, 0.15) is 9.67 Å². The number of hydrogen-bond acceptors (Lipinski definition) is 4. The minimum absolute atomic E-state index is 0.349. The smallest absolute Gasteiger partial charge is 0.283 e. The first-order chi connectivity index (χ1) is 7.88. The molecule has 17 heavy (non-hydrogen) atoms. The molecule has 4 nitrogen and oxygen atoms in total. The van der Waals surface area contributed by atoms with E-state index in [1.807, 2.05) is 0 Å². The summed E-state index contributed by atoms with van der Waals surface area (Å²) in [4.78, 5) is 11.1. The molecule has 2 aromatic heterocycles. The van der Waals surface area contributed by atoms with Crippen LogP contribution in [0.3, 0.4) is 0 Å². The van der Waals surface area contributed by atoms with Gasteiger partial charge >= 0.3 is 6.18 Å². The highest BCUT2D eigenvalue weighted by Crippen LogP contribution is 2.30. The summed E-state index contributed by atoms with van der Waals surface area (Å²) in [5.41, 5.74) is 0.443. The zero-order chi connectivity index (χ0) is 12.6. The fraction of sp³-hybridized carbons (Fsp3) is 0.222. The van der Waals surface area contributed by atoms with Gasteiger partial charge in [0.05, 0.1) is 16.0 Å². The molecule has 0 aliphatic rings. The summed E-state index contributed by atoms with van der Waals surface area (Å²) in [5.74, 6) is -1.84. The van der Waals surface area contributed by atoms with E-state index in [-0.39, 0.29) is 4.88 Å². The Labute approximate surface area is 97.7 Å². The monoisotopic (exact) mass is 261 g/mol. The highest BCUT2D eigenvalue weighted by atomic mass is 32.1. The quantitative estimate of drug-likeness (QED) is 0.779. The molecule has 2 rings (SSSR count). The third kappa shape index (κ3) is 2.36. The van der Waals surface area contributed by atoms with Crippen molar-refractivity contribution in [3.63, 3.8) is 0 Å². The fourth-order valence-electron chi connectivity index (χ4n) is 1.20. The summed E-state index contributed by atoms with van der Waals surface area (Å²) in [7, 11) is 1.64. The van der Waals surface area contributed by atoms with E-state index in [0.717, 1.165) is 17.4 Å². The van der Waals surface area contributed by atoms with Gasteiger partial charge in [0.1, 0.15) is 5.69 Å². The summed E-state index contributed by atoms with van der Waals surface area (Å²) in [6.45, 7) is 0. The summed E-state index contributed by atoms with van der Waals surface area (Å²) >= 11 is 0.749. The van der Waals surface area contributed by atoms with E-state index in [2.05, 4.69) is 10.3 Å². The van der Waals surface area contributed by atoms with Gasteiger partial charge in [-0.25, -0.2) is 0 Å². The van der Waals surface area contributed by atoms with Crippen LogP contribution in [-0.4, -0.2) is 27.0 Å². The summed E-state index contributed by atoms with van der Waals surface area (Å²) < 4.78 is 38.0. The van der Waals surface area contributed by atoms with Crippen molar-refractivity contribution < 1.29 is 18.0 Å². The molecule has 0 aliphatic heterocycles. The fourth-order valence-corrected chi connectivity index (χ4v) is 2.11. The third-order valence-electron chi connectivity index (χ3n) is 1.94. The zero-order valence-electron chi connectivity index (χ0n) is 8.52. The number of aryl methyl sites for hydroxylation is 1. The second-order valence-electron chi connectivity index (χ2n) is 3.27. The minimum Gasteiger partial charge on any atom is -0.283 e. The standard InChI is InChI=1S/C9H6F3N3OS/c1-15-4-5(13-14-15)6-2-3-7(17-6)8(16)9(10,11)12/h2-4H,1H3. The molecule has 0 aliphatic carbocycles. The number of halogens is 3. The van der Waals surface area contributed by atoms with E-state index in [9.17, 15) is 18.0 Å². The van der Waals surface area contributed by atoms with Gasteiger partial charge < -0.3 is 0 Å². The third-order valence-corrected chi connectivity index (χ3v) is 3.05. The number of rotatable bonds is 2. The lowest BCUT2D eigenvalue weighted by atomic mass is 10.3. The largest absolute Gasteiger partial charge is 0.455 e. The van der Waals surface area contributed by atoms with Gasteiger partial charge in [0.25, 0.3) is 5.78 Å². The second kappa shape index (κ2) is 3.95. The summed E-state index contributed by atoms with van der Waals surface area (Å²) in [6.07, 6.45) is -3.28. The Morgan fingerprint density at radius 3 is 2.65 bits per heavy atom. The van der Waals surface area contributed by atoms with Gasteiger partial charge in [-0.3, -0.25) is 9.48 Å². The average Bonchev–Trinajstić information content (AvgIpc) is 2.83. The molecule has 0 fully saturated rings. The maximum absolute atomic E-state index is 12.2. The van der Waals surface area contributed by atoms with Crippen LogP contribution in [0.4, 0.5) is 13.2 Å². The predicted octanol–water partition coefficient (Wildman–Crippen LogP) is 2.29. The van der Waals surface area contributed by atoms with Crippen molar-refractivity contribution in [2.75, 3.05) is 0 Å². The van der Waals surface area contributed by atoms with Crippen LogP contribution in [0.15, 0.2) is 18.3 Å². The van der Waals surface area contributed by atoms with Gasteiger partial charge in [-0.1, -0.05) is 5.21 Å². The number of nitrogens with zero attached hydrogens (tertiary/aromatic N) is 3. The zero-order valence-corrected chi connectivity index (χ0v) is 9.34. The van der Waals surface area contributed by atoms with E-state index in [1.165, 1.54) is 10.7 Å². The van der Waals surface area contributed by atoms with Crippen molar-refractivity contribution in [1.82, 2.24) is 15.0 Å². The highest BCUT2D eigenvalue weighted by molar-refractivity contribution is 7.17. The van der Waals surface area contributed by atoms with Gasteiger partial charge in [-0.2, -0.15) is 13.2 Å². The summed E-state index contributed by atoms with van der Waals surface area (Å²) in [5, 5.41) is 7.41. The van der Waals surface area contributed by atoms with Gasteiger partial charge in [0.15, 0.2) is 0 Å². The maximum Gasteiger partial charge on any atom is 0.455 e. The van der Waals surface area contributed by atoms with Gasteiger partial charge in [0.2, 0.25) is 0 Å². The Morgan fingerprint density at radius 2 is 2.12 bits per heavy atom. The topological polar surface area (TPSA) is 47.8 Å². The first-order valence-electron chi connectivity index (χ1n) is 4.46. The minimum atomic E-state index is -4.84. The van der Waals surface area contributed by atoms with Crippen molar-refractivity contribution in [3.05, 3.63) is 23.2 Å². The molecule has 90 valence electrons. The van der Waals surface area contributed by atoms with Crippen molar-refractivity contribution in [3.8, 4) is 10.6 Å². The number of hydrogen-bond donors (Lipinski definition) is 0. The lowest BCUT2D eigenvalue weighted by Gasteiger charge is -2.01. The molecule has 2 heterocycles. The molecule has 0 bridgehead atoms. The SMILES string of the molecule is Cn1cc(-c2ccc(C(=O)C(F)(F)F)s2)nn1. The molecule has 0 N–H and O–H groups in total. The van der Waals surface area contributed by atoms with Crippen LogP contribution < -0.4 is 0 Å². The lowest BCUT2D eigenvalue weighted by Crippen LogP contribution is -2.21. The molecule has 0 aromatic carbocycles. The van der Waals surface area contributed by atoms with Crippen LogP contribution in [0.2, 0.25) is 0 Å². The molecule has 0 radical (unpaired) electrons. The first-order valence-corrected chi connectivity index (χ1v) is 5.27. The first kappa shape index (κ1) is 11.8. The average molecular weight is 261 g/mol.